The molecular weight excluding hydrogens is 484 g/mol. The van der Waals surface area contributed by atoms with Gasteiger partial charge >= 0.3 is 0 Å². The molecule has 0 atom stereocenters. The Morgan fingerprint density at radius 1 is 1.09 bits per heavy atom. The number of Topliss-reactive ketones (excluding diaryl/α,β-unsaturated/α-hetero) is 1. The van der Waals surface area contributed by atoms with Gasteiger partial charge in [-0.25, -0.2) is 8.42 Å². The van der Waals surface area contributed by atoms with E-state index in [1.54, 1.807) is 23.6 Å². The molecule has 186 valence electrons. The van der Waals surface area contributed by atoms with Crippen LogP contribution in [0.5, 0.6) is 5.75 Å². The predicted octanol–water partition coefficient (Wildman–Crippen LogP) is 4.74. The Balaban J connectivity index is 1.59. The average molecular weight is 515 g/mol. The molecule has 1 aliphatic heterocycles. The Hall–Kier alpha value is -2.88. The van der Waals surface area contributed by atoms with Gasteiger partial charge in [-0.05, 0) is 78.7 Å². The molecule has 0 amide bonds. The fraction of sp³-hybridized carbons (Fsp3) is 0.346. The number of thiophene rings is 1. The van der Waals surface area contributed by atoms with E-state index >= 15 is 0 Å². The molecule has 0 radical (unpaired) electrons. The van der Waals surface area contributed by atoms with E-state index in [0.717, 1.165) is 35.5 Å². The van der Waals surface area contributed by atoms with Crippen LogP contribution in [0.25, 0.3) is 0 Å². The van der Waals surface area contributed by atoms with E-state index in [1.807, 2.05) is 6.92 Å². The normalized spacial score (nSPS) is 14.1. The van der Waals surface area contributed by atoms with Crippen molar-refractivity contribution in [2.75, 3.05) is 43.0 Å². The number of methoxy groups -OCH3 is 1. The van der Waals surface area contributed by atoms with Gasteiger partial charge in [-0.1, -0.05) is 6.07 Å². The molecule has 0 saturated carbocycles. The minimum absolute atomic E-state index is 0.100. The minimum Gasteiger partial charge on any atom is -0.497 e. The first-order chi connectivity index (χ1) is 16.7. The fourth-order valence-corrected chi connectivity index (χ4v) is 6.49. The Kier molecular flexibility index (Phi) is 7.49. The number of nitrogens with zero attached hydrogens (tertiary/aromatic N) is 1. The lowest BCUT2D eigenvalue weighted by atomic mass is 9.92. The van der Waals surface area contributed by atoms with Gasteiger partial charge in [-0.15, -0.1) is 11.3 Å². The molecule has 0 aliphatic carbocycles. The SMILES string of the molecule is COc1ccc(S(=O)(=O)Nc2ccsc2C(=O)Cc2c(C)cc(C)c(N3CCOCC3)c2C)cc1. The third-order valence-electron chi connectivity index (χ3n) is 6.29. The van der Waals surface area contributed by atoms with Gasteiger partial charge in [0.05, 0.1) is 35.8 Å². The van der Waals surface area contributed by atoms with Crippen molar-refractivity contribution in [1.29, 1.82) is 0 Å². The highest BCUT2D eigenvalue weighted by molar-refractivity contribution is 7.92. The molecule has 4 rings (SSSR count). The zero-order valence-electron chi connectivity index (χ0n) is 20.4. The van der Waals surface area contributed by atoms with Crippen LogP contribution in [0.1, 0.15) is 31.9 Å². The Morgan fingerprint density at radius 3 is 2.43 bits per heavy atom. The van der Waals surface area contributed by atoms with Crippen LogP contribution in [0.2, 0.25) is 0 Å². The summed E-state index contributed by atoms with van der Waals surface area (Å²) in [6, 6.07) is 9.88. The summed E-state index contributed by atoms with van der Waals surface area (Å²) in [6.45, 7) is 9.20. The first-order valence-electron chi connectivity index (χ1n) is 11.4. The molecule has 3 aromatic rings. The van der Waals surface area contributed by atoms with E-state index in [-0.39, 0.29) is 17.1 Å². The number of nitrogens with one attached hydrogen (secondary N) is 1. The van der Waals surface area contributed by atoms with Crippen molar-refractivity contribution in [3.05, 3.63) is 68.9 Å². The van der Waals surface area contributed by atoms with Crippen molar-refractivity contribution in [2.45, 2.75) is 32.1 Å². The second-order valence-corrected chi connectivity index (χ2v) is 11.2. The minimum atomic E-state index is -3.85. The van der Waals surface area contributed by atoms with Crippen molar-refractivity contribution in [1.82, 2.24) is 0 Å². The summed E-state index contributed by atoms with van der Waals surface area (Å²) in [5.74, 6) is 0.450. The molecule has 0 spiro atoms. The highest BCUT2D eigenvalue weighted by atomic mass is 32.2. The quantitative estimate of drug-likeness (QED) is 0.437. The maximum Gasteiger partial charge on any atom is 0.261 e. The summed E-state index contributed by atoms with van der Waals surface area (Å²) in [4.78, 5) is 16.2. The van der Waals surface area contributed by atoms with Gasteiger partial charge in [0.2, 0.25) is 0 Å². The van der Waals surface area contributed by atoms with Gasteiger partial charge in [0.1, 0.15) is 5.75 Å². The van der Waals surface area contributed by atoms with Gasteiger partial charge < -0.3 is 14.4 Å². The van der Waals surface area contributed by atoms with Crippen LogP contribution in [0.3, 0.4) is 0 Å². The second-order valence-electron chi connectivity index (χ2n) is 8.61. The summed E-state index contributed by atoms with van der Waals surface area (Å²) in [6.07, 6.45) is 0.201. The van der Waals surface area contributed by atoms with E-state index in [2.05, 4.69) is 29.5 Å². The first-order valence-corrected chi connectivity index (χ1v) is 13.8. The summed E-state index contributed by atoms with van der Waals surface area (Å²) in [7, 11) is -2.33. The summed E-state index contributed by atoms with van der Waals surface area (Å²) >= 11 is 1.24. The van der Waals surface area contributed by atoms with E-state index in [4.69, 9.17) is 9.47 Å². The van der Waals surface area contributed by atoms with Crippen LogP contribution >= 0.6 is 11.3 Å². The molecule has 1 fully saturated rings. The number of ketones is 1. The summed E-state index contributed by atoms with van der Waals surface area (Å²) in [5, 5.41) is 1.73. The molecular formula is C26H30N2O5S2. The number of carbonyl (C=O) groups is 1. The third-order valence-corrected chi connectivity index (χ3v) is 8.62. The van der Waals surface area contributed by atoms with Gasteiger partial charge in [0, 0.05) is 25.2 Å². The number of rotatable bonds is 8. The topological polar surface area (TPSA) is 84.9 Å². The molecule has 2 aromatic carbocycles. The Bertz CT molecular complexity index is 1320. The monoisotopic (exact) mass is 514 g/mol. The first kappa shape index (κ1) is 25.2. The molecule has 35 heavy (non-hydrogen) atoms. The molecule has 0 unspecified atom stereocenters. The van der Waals surface area contributed by atoms with Crippen molar-refractivity contribution < 1.29 is 22.7 Å². The molecule has 1 N–H and O–H groups in total. The van der Waals surface area contributed by atoms with Crippen molar-refractivity contribution in [3.63, 3.8) is 0 Å². The number of morpholine rings is 1. The van der Waals surface area contributed by atoms with Crippen LogP contribution in [-0.4, -0.2) is 47.6 Å². The summed E-state index contributed by atoms with van der Waals surface area (Å²) < 4.78 is 39.0. The highest BCUT2D eigenvalue weighted by Crippen LogP contribution is 2.33. The predicted molar refractivity (Wildman–Crippen MR) is 140 cm³/mol. The van der Waals surface area contributed by atoms with Crippen molar-refractivity contribution in [3.8, 4) is 5.75 Å². The highest BCUT2D eigenvalue weighted by Gasteiger charge is 2.24. The van der Waals surface area contributed by atoms with Crippen LogP contribution in [0.4, 0.5) is 11.4 Å². The largest absolute Gasteiger partial charge is 0.497 e. The Labute approximate surface area is 210 Å². The number of hydrogen-bond acceptors (Lipinski definition) is 7. The standard InChI is InChI=1S/C26H30N2O5S2/c1-17-15-18(2)25(28-10-12-33-13-11-28)19(3)22(17)16-24(29)26-23(9-14-34-26)27-35(30,31)21-7-5-20(32-4)6-8-21/h5-9,14-15,27H,10-13,16H2,1-4H3. The van der Waals surface area contributed by atoms with Crippen LogP contribution in [-0.2, 0) is 21.2 Å². The van der Waals surface area contributed by atoms with Crippen LogP contribution < -0.4 is 14.4 Å². The van der Waals surface area contributed by atoms with Gasteiger partial charge in [-0.2, -0.15) is 0 Å². The third kappa shape index (κ3) is 5.37. The number of sulfonamides is 1. The van der Waals surface area contributed by atoms with Gasteiger partial charge in [-0.3, -0.25) is 9.52 Å². The molecule has 1 aliphatic rings. The zero-order valence-corrected chi connectivity index (χ0v) is 22.0. The Morgan fingerprint density at radius 2 is 1.77 bits per heavy atom. The number of carbonyl (C=O) groups excluding carboxylic acids is 1. The lowest BCUT2D eigenvalue weighted by Crippen LogP contribution is -2.37. The lowest BCUT2D eigenvalue weighted by Gasteiger charge is -2.32. The molecule has 9 heteroatoms. The van der Waals surface area contributed by atoms with Crippen LogP contribution in [0, 0.1) is 20.8 Å². The van der Waals surface area contributed by atoms with Crippen LogP contribution in [0.15, 0.2) is 46.7 Å². The van der Waals surface area contributed by atoms with E-state index < -0.39 is 10.0 Å². The number of hydrogen-bond donors (Lipinski definition) is 1. The van der Waals surface area contributed by atoms with E-state index in [0.29, 0.717) is 29.5 Å². The number of anilines is 2. The zero-order chi connectivity index (χ0) is 25.2. The van der Waals surface area contributed by atoms with Gasteiger partial charge in [0.25, 0.3) is 10.0 Å². The molecule has 1 saturated heterocycles. The van der Waals surface area contributed by atoms with E-state index in [1.165, 1.54) is 36.1 Å². The maximum absolute atomic E-state index is 13.4. The average Bonchev–Trinajstić information content (AvgIpc) is 3.29. The lowest BCUT2D eigenvalue weighted by molar-refractivity contribution is 0.0997. The van der Waals surface area contributed by atoms with E-state index in [9.17, 15) is 13.2 Å². The fourth-order valence-electron chi connectivity index (χ4n) is 4.57. The number of aryl methyl sites for hydroxylation is 2. The molecule has 0 bridgehead atoms. The number of ether oxygens (including phenoxy) is 2. The molecule has 2 heterocycles. The molecule has 7 nitrogen and oxygen atoms in total. The van der Waals surface area contributed by atoms with Crippen molar-refractivity contribution in [2.24, 2.45) is 0 Å². The van der Waals surface area contributed by atoms with Gasteiger partial charge in [0.15, 0.2) is 5.78 Å². The van der Waals surface area contributed by atoms with Crippen molar-refractivity contribution >= 4 is 38.5 Å². The maximum atomic E-state index is 13.4. The summed E-state index contributed by atoms with van der Waals surface area (Å²) in [5.41, 5.74) is 5.78. The second kappa shape index (κ2) is 10.4. The smallest absolute Gasteiger partial charge is 0.261 e. The number of benzene rings is 2. The molecule has 1 aromatic heterocycles.